The van der Waals surface area contributed by atoms with Crippen molar-refractivity contribution in [3.05, 3.63) is 76.7 Å². The van der Waals surface area contributed by atoms with Crippen LogP contribution >= 0.6 is 0 Å². The smallest absolute Gasteiger partial charge is 0.229 e. The maximum absolute atomic E-state index is 13.0. The Bertz CT molecular complexity index is 891. The molecule has 26 heavy (non-hydrogen) atoms. The molecule has 0 spiro atoms. The van der Waals surface area contributed by atoms with Crippen LogP contribution in [0.15, 0.2) is 48.5 Å². The normalized spacial score (nSPS) is 10.6. The first-order valence-electron chi connectivity index (χ1n) is 8.68. The Morgan fingerprint density at radius 3 is 2.46 bits per heavy atom. The van der Waals surface area contributed by atoms with Gasteiger partial charge in [-0.1, -0.05) is 24.3 Å². The van der Waals surface area contributed by atoms with Gasteiger partial charge in [-0.15, -0.1) is 0 Å². The number of aromatic nitrogens is 2. The van der Waals surface area contributed by atoms with Gasteiger partial charge < -0.3 is 10.6 Å². The van der Waals surface area contributed by atoms with Crippen molar-refractivity contribution in [1.82, 2.24) is 9.97 Å². The highest BCUT2D eigenvalue weighted by Crippen LogP contribution is 2.21. The van der Waals surface area contributed by atoms with Crippen molar-refractivity contribution in [1.29, 1.82) is 0 Å². The van der Waals surface area contributed by atoms with Crippen molar-refractivity contribution >= 4 is 17.5 Å². The van der Waals surface area contributed by atoms with E-state index in [1.807, 2.05) is 13.0 Å². The molecule has 5 heteroatoms. The van der Waals surface area contributed by atoms with E-state index in [1.54, 1.807) is 12.1 Å². The quantitative estimate of drug-likeness (QED) is 0.661. The predicted octanol–water partition coefficient (Wildman–Crippen LogP) is 4.94. The first-order chi connectivity index (χ1) is 12.5. The van der Waals surface area contributed by atoms with Gasteiger partial charge in [0.15, 0.2) is 0 Å². The van der Waals surface area contributed by atoms with Crippen LogP contribution in [-0.4, -0.2) is 16.5 Å². The Labute approximate surface area is 153 Å². The number of hydrogen-bond donors (Lipinski definition) is 2. The molecule has 0 amide bonds. The molecule has 0 unspecified atom stereocenters. The van der Waals surface area contributed by atoms with Crippen LogP contribution in [0.25, 0.3) is 0 Å². The Kier molecular flexibility index (Phi) is 5.46. The van der Waals surface area contributed by atoms with Crippen LogP contribution in [0.5, 0.6) is 0 Å². The van der Waals surface area contributed by atoms with Gasteiger partial charge in [-0.05, 0) is 62.1 Å². The second-order valence-corrected chi connectivity index (χ2v) is 6.46. The molecule has 0 aliphatic rings. The number of anilines is 3. The second-order valence-electron chi connectivity index (χ2n) is 6.46. The van der Waals surface area contributed by atoms with Gasteiger partial charge in [-0.2, -0.15) is 4.98 Å². The van der Waals surface area contributed by atoms with E-state index in [9.17, 15) is 4.39 Å². The third-order valence-corrected chi connectivity index (χ3v) is 4.13. The minimum absolute atomic E-state index is 0.213. The van der Waals surface area contributed by atoms with Crippen LogP contribution in [-0.2, 0) is 6.42 Å². The number of hydrogen-bond acceptors (Lipinski definition) is 4. The summed E-state index contributed by atoms with van der Waals surface area (Å²) in [6.07, 6.45) is 0.795. The molecule has 0 aliphatic carbocycles. The van der Waals surface area contributed by atoms with E-state index in [2.05, 4.69) is 52.6 Å². The summed E-state index contributed by atoms with van der Waals surface area (Å²) in [6.45, 7) is 6.77. The van der Waals surface area contributed by atoms with Crippen LogP contribution in [0.4, 0.5) is 21.8 Å². The molecule has 134 valence electrons. The lowest BCUT2D eigenvalue weighted by atomic mass is 10.1. The molecule has 2 N–H and O–H groups in total. The average Bonchev–Trinajstić information content (AvgIpc) is 2.59. The minimum atomic E-state index is -0.213. The number of halogens is 1. The molecule has 0 saturated heterocycles. The summed E-state index contributed by atoms with van der Waals surface area (Å²) in [6, 6.07) is 14.7. The monoisotopic (exact) mass is 350 g/mol. The minimum Gasteiger partial charge on any atom is -0.370 e. The number of aryl methyl sites for hydroxylation is 3. The van der Waals surface area contributed by atoms with Crippen LogP contribution < -0.4 is 10.6 Å². The van der Waals surface area contributed by atoms with Gasteiger partial charge in [0.2, 0.25) is 5.95 Å². The predicted molar refractivity (Wildman–Crippen MR) is 105 cm³/mol. The average molecular weight is 350 g/mol. The molecule has 3 rings (SSSR count). The molecule has 2 aromatic carbocycles. The van der Waals surface area contributed by atoms with Crippen molar-refractivity contribution in [3.8, 4) is 0 Å². The third-order valence-electron chi connectivity index (χ3n) is 4.13. The molecule has 1 aromatic heterocycles. The van der Waals surface area contributed by atoms with E-state index in [1.165, 1.54) is 17.7 Å². The fourth-order valence-corrected chi connectivity index (χ4v) is 2.69. The third kappa shape index (κ3) is 4.79. The van der Waals surface area contributed by atoms with Gasteiger partial charge in [0, 0.05) is 24.0 Å². The number of nitrogens with zero attached hydrogens (tertiary/aromatic N) is 2. The van der Waals surface area contributed by atoms with Crippen LogP contribution in [0.3, 0.4) is 0 Å². The molecule has 4 nitrogen and oxygen atoms in total. The zero-order valence-corrected chi connectivity index (χ0v) is 15.3. The molecule has 0 atom stereocenters. The van der Waals surface area contributed by atoms with E-state index >= 15 is 0 Å². The number of nitrogens with one attached hydrogen (secondary N) is 2. The van der Waals surface area contributed by atoms with Crippen molar-refractivity contribution < 1.29 is 4.39 Å². The zero-order chi connectivity index (χ0) is 18.5. The van der Waals surface area contributed by atoms with Crippen LogP contribution in [0, 0.1) is 26.6 Å². The largest absolute Gasteiger partial charge is 0.370 e. The Hall–Kier alpha value is -2.95. The molecule has 3 aromatic rings. The summed E-state index contributed by atoms with van der Waals surface area (Å²) >= 11 is 0. The first-order valence-corrected chi connectivity index (χ1v) is 8.68. The van der Waals surface area contributed by atoms with Gasteiger partial charge in [-0.25, -0.2) is 9.37 Å². The number of rotatable bonds is 6. The van der Waals surface area contributed by atoms with Crippen molar-refractivity contribution in [2.45, 2.75) is 27.2 Å². The first kappa shape index (κ1) is 17.9. The van der Waals surface area contributed by atoms with Crippen molar-refractivity contribution in [2.24, 2.45) is 0 Å². The van der Waals surface area contributed by atoms with Crippen LogP contribution in [0.1, 0.15) is 22.4 Å². The summed E-state index contributed by atoms with van der Waals surface area (Å²) in [5.41, 5.74) is 5.30. The highest BCUT2D eigenvalue weighted by molar-refractivity contribution is 5.60. The molecule has 1 heterocycles. The summed E-state index contributed by atoms with van der Waals surface area (Å²) in [4.78, 5) is 9.02. The highest BCUT2D eigenvalue weighted by Gasteiger charge is 2.05. The van der Waals surface area contributed by atoms with Gasteiger partial charge >= 0.3 is 0 Å². The van der Waals surface area contributed by atoms with Gasteiger partial charge in [0.05, 0.1) is 0 Å². The summed E-state index contributed by atoms with van der Waals surface area (Å²) in [7, 11) is 0. The van der Waals surface area contributed by atoms with Gasteiger partial charge in [0.1, 0.15) is 11.6 Å². The molecule has 0 radical (unpaired) electrons. The maximum atomic E-state index is 13.0. The lowest BCUT2D eigenvalue weighted by Gasteiger charge is -2.12. The Balaban J connectivity index is 1.67. The fraction of sp³-hybridized carbons (Fsp3) is 0.238. The van der Waals surface area contributed by atoms with Crippen molar-refractivity contribution in [2.75, 3.05) is 17.2 Å². The number of benzene rings is 2. The summed E-state index contributed by atoms with van der Waals surface area (Å²) in [5, 5.41) is 6.62. The van der Waals surface area contributed by atoms with E-state index < -0.39 is 0 Å². The lowest BCUT2D eigenvalue weighted by molar-refractivity contribution is 0.627. The molecule has 0 saturated carbocycles. The fourth-order valence-electron chi connectivity index (χ4n) is 2.69. The summed E-state index contributed by atoms with van der Waals surface area (Å²) in [5.74, 6) is 1.13. The van der Waals surface area contributed by atoms with Gasteiger partial charge in [0.25, 0.3) is 0 Å². The Morgan fingerprint density at radius 1 is 0.923 bits per heavy atom. The topological polar surface area (TPSA) is 49.8 Å². The van der Waals surface area contributed by atoms with Crippen LogP contribution in [0.2, 0.25) is 0 Å². The van der Waals surface area contributed by atoms with Gasteiger partial charge in [-0.3, -0.25) is 0 Å². The lowest BCUT2D eigenvalue weighted by Crippen LogP contribution is -2.09. The second kappa shape index (κ2) is 7.95. The molecule has 0 bridgehead atoms. The molecular formula is C21H23FN4. The van der Waals surface area contributed by atoms with Crippen molar-refractivity contribution in [3.63, 3.8) is 0 Å². The highest BCUT2D eigenvalue weighted by atomic mass is 19.1. The molecule has 0 aliphatic heterocycles. The summed E-state index contributed by atoms with van der Waals surface area (Å²) < 4.78 is 13.0. The molecular weight excluding hydrogens is 327 g/mol. The SMILES string of the molecule is Cc1ccc(C)c(Nc2nc(C)cc(NCCc3ccc(F)cc3)n2)c1. The van der Waals surface area contributed by atoms with E-state index in [0.717, 1.165) is 34.7 Å². The Morgan fingerprint density at radius 2 is 1.69 bits per heavy atom. The zero-order valence-electron chi connectivity index (χ0n) is 15.3. The van der Waals surface area contributed by atoms with E-state index in [-0.39, 0.29) is 5.82 Å². The van der Waals surface area contributed by atoms with E-state index in [4.69, 9.17) is 0 Å². The maximum Gasteiger partial charge on any atom is 0.229 e. The van der Waals surface area contributed by atoms with E-state index in [0.29, 0.717) is 12.5 Å². The standard InChI is InChI=1S/C21H23FN4/c1-14-4-5-15(2)19(12-14)25-21-24-16(3)13-20(26-21)23-11-10-17-6-8-18(22)9-7-17/h4-9,12-13H,10-11H2,1-3H3,(H2,23,24,25,26). The molecule has 0 fully saturated rings.